The molecule has 14 nitrogen and oxygen atoms in total. The molecule has 0 radical (unpaired) electrons. The molecular weight excluding hydrogens is 632 g/mol. The van der Waals surface area contributed by atoms with Crippen LogP contribution < -0.4 is 20.0 Å². The number of hydrogen-bond acceptors (Lipinski definition) is 9. The highest BCUT2D eigenvalue weighted by Gasteiger charge is 2.37. The molecule has 1 unspecified atom stereocenters. The van der Waals surface area contributed by atoms with Crippen LogP contribution in [-0.2, 0) is 22.7 Å². The predicted octanol–water partition coefficient (Wildman–Crippen LogP) is 2.38. The molecular formula is C32H29F2N7O7. The molecule has 2 aliphatic heterocycles. The van der Waals surface area contributed by atoms with Crippen molar-refractivity contribution in [3.05, 3.63) is 75.3 Å². The number of benzene rings is 2. The van der Waals surface area contributed by atoms with Crippen molar-refractivity contribution in [3.63, 3.8) is 0 Å². The molecule has 3 aliphatic rings. The highest BCUT2D eigenvalue weighted by atomic mass is 19.1. The van der Waals surface area contributed by atoms with Gasteiger partial charge in [-0.2, -0.15) is 0 Å². The number of piperazine rings is 1. The summed E-state index contributed by atoms with van der Waals surface area (Å²) < 4.78 is 38.1. The van der Waals surface area contributed by atoms with E-state index in [9.17, 15) is 33.5 Å². The van der Waals surface area contributed by atoms with Gasteiger partial charge in [-0.15, -0.1) is 5.10 Å². The lowest BCUT2D eigenvalue weighted by atomic mass is 10.1. The monoisotopic (exact) mass is 661 g/mol. The minimum atomic E-state index is -1.39. The van der Waals surface area contributed by atoms with E-state index >= 15 is 4.39 Å². The Balaban J connectivity index is 1.08. The number of carboxylic acid groups (broad SMARTS) is 1. The Bertz CT molecular complexity index is 2110. The van der Waals surface area contributed by atoms with Crippen LogP contribution in [-0.4, -0.2) is 85.9 Å². The standard InChI is InChI=1S/C32H29F2N7O7/c1-16-11-37(27-23(34)10-21-26(30(27)48-2)40(19-4-5-19)14-22(28(21)43)32(46)47)7-8-39(16)25(42)15-38-12-18(35-36-38)13-41-24-6-3-17(33)9-20(24)29(44)31(41)45/h3,6,9-10,12,14,16,19H,4-5,7-8,11,13,15H2,1-2H3,(H,46,47). The van der Waals surface area contributed by atoms with Gasteiger partial charge >= 0.3 is 5.97 Å². The first kappa shape index (κ1) is 31.0. The van der Waals surface area contributed by atoms with Crippen molar-refractivity contribution in [2.75, 3.05) is 36.5 Å². The number of ketones is 1. The number of carbonyl (C=O) groups is 4. The lowest BCUT2D eigenvalue weighted by molar-refractivity contribution is -0.134. The van der Waals surface area contributed by atoms with Crippen molar-refractivity contribution >= 4 is 45.8 Å². The minimum Gasteiger partial charge on any atom is -0.492 e. The molecule has 48 heavy (non-hydrogen) atoms. The third-order valence-electron chi connectivity index (χ3n) is 8.97. The predicted molar refractivity (Wildman–Crippen MR) is 165 cm³/mol. The van der Waals surface area contributed by atoms with E-state index in [-0.39, 0.29) is 78.8 Å². The Morgan fingerprint density at radius 3 is 2.54 bits per heavy atom. The molecule has 1 N–H and O–H groups in total. The van der Waals surface area contributed by atoms with Crippen LogP contribution in [0.4, 0.5) is 20.2 Å². The van der Waals surface area contributed by atoms with Crippen LogP contribution in [0.5, 0.6) is 5.75 Å². The molecule has 7 rings (SSSR count). The summed E-state index contributed by atoms with van der Waals surface area (Å²) in [5.74, 6) is -4.54. The van der Waals surface area contributed by atoms with E-state index in [1.807, 2.05) is 6.92 Å². The number of carbonyl (C=O) groups excluding carboxylic acids is 3. The van der Waals surface area contributed by atoms with Gasteiger partial charge in [0, 0.05) is 37.9 Å². The van der Waals surface area contributed by atoms with E-state index in [2.05, 4.69) is 10.3 Å². The third-order valence-corrected chi connectivity index (χ3v) is 8.97. The van der Waals surface area contributed by atoms with Gasteiger partial charge in [-0.05, 0) is 44.0 Å². The molecule has 1 saturated carbocycles. The second-order valence-corrected chi connectivity index (χ2v) is 12.1. The second-order valence-electron chi connectivity index (χ2n) is 12.1. The molecule has 248 valence electrons. The molecule has 2 fully saturated rings. The van der Waals surface area contributed by atoms with E-state index in [0.29, 0.717) is 11.2 Å². The fraction of sp³-hybridized carbons (Fsp3) is 0.344. The molecule has 1 saturated heterocycles. The molecule has 16 heteroatoms. The van der Waals surface area contributed by atoms with E-state index in [4.69, 9.17) is 4.74 Å². The first-order valence-corrected chi connectivity index (χ1v) is 15.2. The zero-order valence-corrected chi connectivity index (χ0v) is 25.9. The van der Waals surface area contributed by atoms with Crippen LogP contribution >= 0.6 is 0 Å². The number of Topliss-reactive ketones (excluding diaryl/α,β-unsaturated/α-hetero) is 1. The van der Waals surface area contributed by atoms with Crippen molar-refractivity contribution in [2.45, 2.75) is 44.9 Å². The van der Waals surface area contributed by atoms with Crippen molar-refractivity contribution in [1.82, 2.24) is 24.5 Å². The molecule has 1 aliphatic carbocycles. The summed E-state index contributed by atoms with van der Waals surface area (Å²) in [5, 5.41) is 17.6. The van der Waals surface area contributed by atoms with E-state index in [1.54, 1.807) is 14.4 Å². The number of ether oxygens (including phenoxy) is 1. The van der Waals surface area contributed by atoms with Gasteiger partial charge in [0.05, 0.1) is 42.0 Å². The maximum absolute atomic E-state index is 15.8. The summed E-state index contributed by atoms with van der Waals surface area (Å²) in [6.45, 7) is 2.25. The number of fused-ring (bicyclic) bond motifs is 2. The van der Waals surface area contributed by atoms with Gasteiger partial charge in [0.2, 0.25) is 11.3 Å². The maximum atomic E-state index is 15.8. The van der Waals surface area contributed by atoms with E-state index < -0.39 is 40.3 Å². The Morgan fingerprint density at radius 1 is 1.08 bits per heavy atom. The van der Waals surface area contributed by atoms with Gasteiger partial charge in [0.25, 0.3) is 11.7 Å². The SMILES string of the molecule is COc1c(N2CCN(C(=O)Cn3cc(CN4C(=O)C(=O)c5cc(F)ccc54)nn3)C(C)C2)c(F)cc2c(=O)c(C(=O)O)cn(C3CC3)c12. The van der Waals surface area contributed by atoms with Gasteiger partial charge in [-0.25, -0.2) is 18.3 Å². The third kappa shape index (κ3) is 5.12. The molecule has 0 bridgehead atoms. The number of carboxylic acids is 1. The molecule has 2 amide bonds. The Hall–Kier alpha value is -5.67. The van der Waals surface area contributed by atoms with Crippen LogP contribution in [0.25, 0.3) is 10.9 Å². The molecule has 2 aromatic carbocycles. The normalized spacial score (nSPS) is 17.8. The fourth-order valence-electron chi connectivity index (χ4n) is 6.56. The van der Waals surface area contributed by atoms with Crippen molar-refractivity contribution in [1.29, 1.82) is 0 Å². The smallest absolute Gasteiger partial charge is 0.341 e. The summed E-state index contributed by atoms with van der Waals surface area (Å²) in [6.07, 6.45) is 4.35. The van der Waals surface area contributed by atoms with Gasteiger partial charge in [-0.1, -0.05) is 5.21 Å². The number of anilines is 2. The maximum Gasteiger partial charge on any atom is 0.341 e. The summed E-state index contributed by atoms with van der Waals surface area (Å²) >= 11 is 0. The van der Waals surface area contributed by atoms with Crippen LogP contribution in [0.2, 0.25) is 0 Å². The molecule has 4 heterocycles. The number of halogens is 2. The lowest BCUT2D eigenvalue weighted by Crippen LogP contribution is -2.55. The van der Waals surface area contributed by atoms with Crippen LogP contribution in [0.15, 0.2) is 41.5 Å². The average Bonchev–Trinajstić information content (AvgIpc) is 3.76. The Kier molecular flexibility index (Phi) is 7.44. The number of amides is 2. The van der Waals surface area contributed by atoms with Gasteiger partial charge in [0.1, 0.15) is 29.3 Å². The van der Waals surface area contributed by atoms with Crippen LogP contribution in [0.1, 0.15) is 52.2 Å². The Labute approximate surface area is 270 Å². The molecule has 4 aromatic rings. The van der Waals surface area contributed by atoms with Crippen LogP contribution in [0, 0.1) is 11.6 Å². The number of aromatic nitrogens is 4. The van der Waals surface area contributed by atoms with Crippen molar-refractivity contribution in [2.24, 2.45) is 0 Å². The largest absolute Gasteiger partial charge is 0.492 e. The van der Waals surface area contributed by atoms with Crippen molar-refractivity contribution in [3.8, 4) is 5.75 Å². The highest BCUT2D eigenvalue weighted by molar-refractivity contribution is 6.52. The zero-order chi connectivity index (χ0) is 34.0. The minimum absolute atomic E-state index is 0.0264. The number of aromatic carboxylic acids is 1. The Morgan fingerprint density at radius 2 is 1.85 bits per heavy atom. The van der Waals surface area contributed by atoms with Gasteiger partial charge in [-0.3, -0.25) is 24.1 Å². The van der Waals surface area contributed by atoms with E-state index in [0.717, 1.165) is 31.0 Å². The number of nitrogens with zero attached hydrogens (tertiary/aromatic N) is 7. The topological polar surface area (TPSA) is 160 Å². The number of hydrogen-bond donors (Lipinski definition) is 1. The number of pyridine rings is 1. The van der Waals surface area contributed by atoms with Gasteiger partial charge < -0.3 is 24.2 Å². The zero-order valence-electron chi connectivity index (χ0n) is 25.9. The highest BCUT2D eigenvalue weighted by Crippen LogP contribution is 2.44. The number of methoxy groups -OCH3 is 1. The van der Waals surface area contributed by atoms with Crippen LogP contribution in [0.3, 0.4) is 0 Å². The summed E-state index contributed by atoms with van der Waals surface area (Å²) in [7, 11) is 1.37. The summed E-state index contributed by atoms with van der Waals surface area (Å²) in [5.41, 5.74) is -0.218. The first-order valence-electron chi connectivity index (χ1n) is 15.2. The molecule has 2 aromatic heterocycles. The first-order chi connectivity index (χ1) is 23.0. The second kappa shape index (κ2) is 11.5. The summed E-state index contributed by atoms with van der Waals surface area (Å²) in [6, 6.07) is 4.17. The van der Waals surface area contributed by atoms with Crippen molar-refractivity contribution < 1.29 is 37.8 Å². The quantitative estimate of drug-likeness (QED) is 0.278. The average molecular weight is 662 g/mol. The fourth-order valence-corrected chi connectivity index (χ4v) is 6.56. The lowest BCUT2D eigenvalue weighted by Gasteiger charge is -2.41. The molecule has 0 spiro atoms. The van der Waals surface area contributed by atoms with Gasteiger partial charge in [0.15, 0.2) is 11.6 Å². The number of rotatable bonds is 8. The molecule has 1 atom stereocenters. The van der Waals surface area contributed by atoms with E-state index in [1.165, 1.54) is 35.2 Å². The summed E-state index contributed by atoms with van der Waals surface area (Å²) in [4.78, 5) is 67.6.